The zero-order valence-corrected chi connectivity index (χ0v) is 26.2. The van der Waals surface area contributed by atoms with E-state index in [0.29, 0.717) is 12.2 Å². The van der Waals surface area contributed by atoms with Crippen LogP contribution in [0.25, 0.3) is 0 Å². The van der Waals surface area contributed by atoms with Gasteiger partial charge in [-0.1, -0.05) is 56.5 Å². The molecule has 2 amide bonds. The number of ether oxygens (including phenoxy) is 2. The number of carbonyl (C=O) groups is 2. The minimum absolute atomic E-state index is 0.0418. The van der Waals surface area contributed by atoms with Gasteiger partial charge in [-0.05, 0) is 61.2 Å². The Balaban J connectivity index is 1.72. The maximum absolute atomic E-state index is 14.2. The Bertz CT molecular complexity index is 1510. The fraction of sp³-hybridized carbons (Fsp3) is 0.394. The maximum Gasteiger partial charge on any atom is 0.264 e. The average Bonchev–Trinajstić information content (AvgIpc) is 3.04. The molecule has 0 bridgehead atoms. The van der Waals surface area contributed by atoms with Crippen molar-refractivity contribution in [3.05, 3.63) is 84.2 Å². The van der Waals surface area contributed by atoms with Crippen LogP contribution in [-0.2, 0) is 26.2 Å². The van der Waals surface area contributed by atoms with Gasteiger partial charge in [0.1, 0.15) is 18.4 Å². The highest BCUT2D eigenvalue weighted by Gasteiger charge is 2.34. The van der Waals surface area contributed by atoms with E-state index in [1.165, 1.54) is 49.5 Å². The normalized spacial score (nSPS) is 14.4. The third kappa shape index (κ3) is 7.88. The number of anilines is 1. The van der Waals surface area contributed by atoms with E-state index in [2.05, 4.69) is 5.32 Å². The summed E-state index contributed by atoms with van der Waals surface area (Å²) in [5, 5.41) is 3.13. The van der Waals surface area contributed by atoms with Crippen LogP contribution in [0.4, 0.5) is 10.1 Å². The lowest BCUT2D eigenvalue weighted by atomic mass is 9.95. The average molecular weight is 626 g/mol. The van der Waals surface area contributed by atoms with E-state index in [-0.39, 0.29) is 34.8 Å². The summed E-state index contributed by atoms with van der Waals surface area (Å²) in [6.07, 6.45) is 5.31. The monoisotopic (exact) mass is 625 g/mol. The van der Waals surface area contributed by atoms with Gasteiger partial charge in [0.2, 0.25) is 11.8 Å². The summed E-state index contributed by atoms with van der Waals surface area (Å²) < 4.78 is 53.7. The molecule has 0 heterocycles. The van der Waals surface area contributed by atoms with Crippen molar-refractivity contribution in [3.8, 4) is 11.5 Å². The minimum Gasteiger partial charge on any atom is -0.493 e. The summed E-state index contributed by atoms with van der Waals surface area (Å²) >= 11 is 0. The lowest BCUT2D eigenvalue weighted by Crippen LogP contribution is -2.54. The van der Waals surface area contributed by atoms with E-state index in [9.17, 15) is 22.4 Å². The van der Waals surface area contributed by atoms with Crippen LogP contribution in [0.1, 0.15) is 51.0 Å². The summed E-state index contributed by atoms with van der Waals surface area (Å²) in [7, 11) is -1.55. The molecule has 4 rings (SSSR count). The number of hydrogen-bond donors (Lipinski definition) is 1. The Labute approximate surface area is 259 Å². The number of benzene rings is 3. The van der Waals surface area contributed by atoms with E-state index in [0.717, 1.165) is 54.1 Å². The molecule has 44 heavy (non-hydrogen) atoms. The maximum atomic E-state index is 14.2. The zero-order chi connectivity index (χ0) is 31.7. The van der Waals surface area contributed by atoms with Crippen molar-refractivity contribution in [2.24, 2.45) is 0 Å². The second-order valence-corrected chi connectivity index (χ2v) is 12.6. The van der Waals surface area contributed by atoms with Gasteiger partial charge in [0, 0.05) is 18.7 Å². The molecule has 236 valence electrons. The summed E-state index contributed by atoms with van der Waals surface area (Å²) in [4.78, 5) is 29.1. The van der Waals surface area contributed by atoms with E-state index in [1.54, 1.807) is 0 Å². The lowest BCUT2D eigenvalue weighted by molar-refractivity contribution is -0.140. The summed E-state index contributed by atoms with van der Waals surface area (Å²) in [6, 6.07) is 17.4. The first kappa shape index (κ1) is 32.8. The van der Waals surface area contributed by atoms with Gasteiger partial charge in [0.05, 0.1) is 24.8 Å². The Morgan fingerprint density at radius 1 is 0.932 bits per heavy atom. The fourth-order valence-electron chi connectivity index (χ4n) is 5.48. The van der Waals surface area contributed by atoms with Gasteiger partial charge in [-0.15, -0.1) is 0 Å². The number of carbonyl (C=O) groups excluding carboxylic acids is 2. The van der Waals surface area contributed by atoms with Crippen molar-refractivity contribution in [3.63, 3.8) is 0 Å². The standard InChI is InChI=1S/C33H40FN3O6S/c1-4-29(33(39)35-26-13-9-6-10-14-26)36(22-24-11-7-5-8-12-24)32(38)23-37(27-17-15-25(34)16-18-27)44(40,41)28-19-20-30(42-2)31(21-28)43-3/h5,7-8,11-12,15-21,26,29H,4,6,9-10,13-14,22-23H2,1-3H3,(H,35,39)/t29-/m0/s1. The van der Waals surface area contributed by atoms with Crippen LogP contribution >= 0.6 is 0 Å². The predicted molar refractivity (Wildman–Crippen MR) is 167 cm³/mol. The van der Waals surface area contributed by atoms with E-state index < -0.39 is 34.3 Å². The first-order valence-corrected chi connectivity index (χ1v) is 16.3. The smallest absolute Gasteiger partial charge is 0.264 e. The van der Waals surface area contributed by atoms with Crippen molar-refractivity contribution >= 4 is 27.5 Å². The highest BCUT2D eigenvalue weighted by atomic mass is 32.2. The van der Waals surface area contributed by atoms with Gasteiger partial charge in [-0.2, -0.15) is 0 Å². The third-order valence-electron chi connectivity index (χ3n) is 7.87. The molecular weight excluding hydrogens is 585 g/mol. The van der Waals surface area contributed by atoms with Crippen molar-refractivity contribution in [1.82, 2.24) is 10.2 Å². The molecule has 0 unspecified atom stereocenters. The Morgan fingerprint density at radius 3 is 2.20 bits per heavy atom. The van der Waals surface area contributed by atoms with E-state index in [1.807, 2.05) is 37.3 Å². The minimum atomic E-state index is -4.37. The largest absolute Gasteiger partial charge is 0.493 e. The van der Waals surface area contributed by atoms with Gasteiger partial charge in [0.15, 0.2) is 11.5 Å². The molecule has 0 radical (unpaired) electrons. The zero-order valence-electron chi connectivity index (χ0n) is 25.4. The molecular formula is C33H40FN3O6S. The van der Waals surface area contributed by atoms with Gasteiger partial charge in [-0.3, -0.25) is 13.9 Å². The second-order valence-electron chi connectivity index (χ2n) is 10.8. The molecule has 0 aliphatic heterocycles. The summed E-state index contributed by atoms with van der Waals surface area (Å²) in [5.74, 6) is -0.873. The number of halogens is 1. The number of amides is 2. The Kier molecular flexibility index (Phi) is 11.2. The second kappa shape index (κ2) is 15.1. The Morgan fingerprint density at radius 2 is 1.59 bits per heavy atom. The fourth-order valence-corrected chi connectivity index (χ4v) is 6.91. The summed E-state index contributed by atoms with van der Waals surface area (Å²) in [5.41, 5.74) is 0.884. The molecule has 3 aromatic carbocycles. The number of rotatable bonds is 13. The number of methoxy groups -OCH3 is 2. The van der Waals surface area contributed by atoms with Crippen molar-refractivity contribution in [2.75, 3.05) is 25.1 Å². The van der Waals surface area contributed by atoms with Crippen molar-refractivity contribution in [1.29, 1.82) is 0 Å². The topological polar surface area (TPSA) is 105 Å². The van der Waals surface area contributed by atoms with Gasteiger partial charge < -0.3 is 19.7 Å². The predicted octanol–water partition coefficient (Wildman–Crippen LogP) is 5.29. The lowest BCUT2D eigenvalue weighted by Gasteiger charge is -2.34. The molecule has 0 aromatic heterocycles. The van der Waals surface area contributed by atoms with Crippen molar-refractivity contribution < 1.29 is 31.9 Å². The SMILES string of the molecule is CC[C@@H](C(=O)NC1CCCCC1)N(Cc1ccccc1)C(=O)CN(c1ccc(F)cc1)S(=O)(=O)c1ccc(OC)c(OC)c1. The number of nitrogens with zero attached hydrogens (tertiary/aromatic N) is 2. The van der Waals surface area contributed by atoms with Crippen LogP contribution in [-0.4, -0.2) is 58.0 Å². The van der Waals surface area contributed by atoms with Crippen molar-refractivity contribution in [2.45, 2.75) is 69.0 Å². The van der Waals surface area contributed by atoms with E-state index in [4.69, 9.17) is 9.47 Å². The molecule has 1 aliphatic carbocycles. The third-order valence-corrected chi connectivity index (χ3v) is 9.64. The molecule has 1 fully saturated rings. The highest BCUT2D eigenvalue weighted by Crippen LogP contribution is 2.32. The molecule has 1 saturated carbocycles. The molecule has 9 nitrogen and oxygen atoms in total. The first-order chi connectivity index (χ1) is 21.2. The van der Waals surface area contributed by atoms with Crippen LogP contribution in [0.2, 0.25) is 0 Å². The summed E-state index contributed by atoms with van der Waals surface area (Å²) in [6.45, 7) is 1.31. The molecule has 11 heteroatoms. The molecule has 1 N–H and O–H groups in total. The highest BCUT2D eigenvalue weighted by molar-refractivity contribution is 7.92. The number of hydrogen-bond acceptors (Lipinski definition) is 6. The van der Waals surface area contributed by atoms with Gasteiger partial charge in [0.25, 0.3) is 10.0 Å². The van der Waals surface area contributed by atoms with Crippen LogP contribution in [0.5, 0.6) is 11.5 Å². The van der Waals surface area contributed by atoms with Crippen LogP contribution in [0, 0.1) is 5.82 Å². The molecule has 3 aromatic rings. The number of sulfonamides is 1. The van der Waals surface area contributed by atoms with Crippen LogP contribution in [0.3, 0.4) is 0 Å². The van der Waals surface area contributed by atoms with Gasteiger partial charge in [-0.25, -0.2) is 12.8 Å². The van der Waals surface area contributed by atoms with E-state index >= 15 is 0 Å². The van der Waals surface area contributed by atoms with Gasteiger partial charge >= 0.3 is 0 Å². The van der Waals surface area contributed by atoms with Crippen LogP contribution in [0.15, 0.2) is 77.7 Å². The van der Waals surface area contributed by atoms with Crippen LogP contribution < -0.4 is 19.1 Å². The molecule has 1 aliphatic rings. The molecule has 0 spiro atoms. The Hall–Kier alpha value is -4.12. The molecule has 1 atom stereocenters. The molecule has 0 saturated heterocycles. The first-order valence-electron chi connectivity index (χ1n) is 14.8. The quantitative estimate of drug-likeness (QED) is 0.277. The number of nitrogens with one attached hydrogen (secondary N) is 1.